The van der Waals surface area contributed by atoms with Gasteiger partial charge in [-0.25, -0.2) is 4.98 Å². The zero-order chi connectivity index (χ0) is 27.1. The number of nitriles is 1. The number of amides is 1. The van der Waals surface area contributed by atoms with Crippen molar-refractivity contribution in [3.8, 4) is 6.07 Å². The predicted octanol–water partition coefficient (Wildman–Crippen LogP) is 5.08. The number of thiazole rings is 1. The van der Waals surface area contributed by atoms with Crippen molar-refractivity contribution in [2.45, 2.75) is 36.4 Å². The molecule has 0 saturated heterocycles. The quantitative estimate of drug-likeness (QED) is 0.298. The largest absolute Gasteiger partial charge is 0.465 e. The molecule has 39 heavy (non-hydrogen) atoms. The van der Waals surface area contributed by atoms with Crippen LogP contribution in [0.4, 0.5) is 10.3 Å². The fraction of sp³-hybridized carbons (Fsp3) is 0.231. The number of benzene rings is 1. The Morgan fingerprint density at radius 1 is 1.26 bits per heavy atom. The minimum absolute atomic E-state index is 0.0359. The molecule has 0 radical (unpaired) electrons. The van der Waals surface area contributed by atoms with E-state index in [4.69, 9.17) is 10.2 Å². The molecule has 0 bridgehead atoms. The van der Waals surface area contributed by atoms with Gasteiger partial charge in [0.25, 0.3) is 0 Å². The minimum Gasteiger partial charge on any atom is -0.465 e. The number of fused-ring (bicyclic) bond motifs is 1. The molecular weight excluding hydrogens is 555 g/mol. The lowest BCUT2D eigenvalue weighted by Gasteiger charge is -2.37. The number of nitrogens with two attached hydrogens (primary N) is 1. The second-order valence-electron chi connectivity index (χ2n) is 8.94. The van der Waals surface area contributed by atoms with Gasteiger partial charge in [-0.3, -0.25) is 14.5 Å². The summed E-state index contributed by atoms with van der Waals surface area (Å²) in [5.74, 6) is 0.618. The van der Waals surface area contributed by atoms with Gasteiger partial charge in [0.15, 0.2) is 15.3 Å². The van der Waals surface area contributed by atoms with Crippen molar-refractivity contribution in [2.75, 3.05) is 16.0 Å². The standard InChI is InChI=1S/C26H21N7O3S3/c1-13-9-10-18(36-13)21-14(11-27)23(28)33(16-6-4-7-17(34)22(16)21)25-31-32-26(39-25)37-12-20(35)30-24-29-15-5-2-3-8-19(15)38-24/h2-3,5,8-10,21H,4,6-7,12,28H2,1H3,(H,29,30,35). The lowest BCUT2D eigenvalue weighted by Crippen LogP contribution is -2.38. The molecule has 4 heterocycles. The van der Waals surface area contributed by atoms with Crippen molar-refractivity contribution in [2.24, 2.45) is 5.73 Å². The number of para-hydroxylation sites is 1. The molecule has 4 aromatic rings. The van der Waals surface area contributed by atoms with E-state index < -0.39 is 5.92 Å². The Morgan fingerprint density at radius 3 is 2.87 bits per heavy atom. The highest BCUT2D eigenvalue weighted by atomic mass is 32.2. The van der Waals surface area contributed by atoms with Crippen LogP contribution in [0, 0.1) is 18.3 Å². The SMILES string of the molecule is Cc1ccc(C2C(C#N)=C(N)N(c3nnc(SCC(=O)Nc4nc5ccccc5s4)s3)C3=C2C(=O)CCC3)o1. The van der Waals surface area contributed by atoms with E-state index in [1.54, 1.807) is 11.0 Å². The Labute approximate surface area is 235 Å². The molecule has 0 fully saturated rings. The third-order valence-electron chi connectivity index (χ3n) is 6.41. The molecule has 1 atom stereocenters. The highest BCUT2D eigenvalue weighted by Gasteiger charge is 2.42. The number of aromatic nitrogens is 3. The van der Waals surface area contributed by atoms with Crippen molar-refractivity contribution in [1.82, 2.24) is 15.2 Å². The van der Waals surface area contributed by atoms with Crippen LogP contribution in [0.1, 0.15) is 36.7 Å². The Bertz CT molecular complexity index is 1690. The van der Waals surface area contributed by atoms with Crippen molar-refractivity contribution < 1.29 is 14.0 Å². The van der Waals surface area contributed by atoms with E-state index in [0.717, 1.165) is 10.2 Å². The Morgan fingerprint density at radius 2 is 2.10 bits per heavy atom. The number of allylic oxidation sites excluding steroid dienone is 3. The topological polar surface area (TPSA) is 151 Å². The molecule has 0 saturated carbocycles. The van der Waals surface area contributed by atoms with Gasteiger partial charge in [-0.1, -0.05) is 46.6 Å². The van der Waals surface area contributed by atoms with Crippen LogP contribution in [0.25, 0.3) is 10.2 Å². The number of carbonyl (C=O) groups is 2. The summed E-state index contributed by atoms with van der Waals surface area (Å²) in [4.78, 5) is 31.8. The first kappa shape index (κ1) is 25.3. The number of furan rings is 1. The van der Waals surface area contributed by atoms with Gasteiger partial charge in [0.1, 0.15) is 17.3 Å². The lowest BCUT2D eigenvalue weighted by atomic mass is 9.78. The molecule has 0 spiro atoms. The number of nitrogens with zero attached hydrogens (tertiary/aromatic N) is 5. The van der Waals surface area contributed by atoms with E-state index in [9.17, 15) is 14.9 Å². The average molecular weight is 576 g/mol. The summed E-state index contributed by atoms with van der Waals surface area (Å²) in [6.07, 6.45) is 1.66. The second-order valence-corrected chi connectivity index (χ2v) is 12.1. The summed E-state index contributed by atoms with van der Waals surface area (Å²) in [6.45, 7) is 1.81. The molecule has 1 unspecified atom stereocenters. The first-order chi connectivity index (χ1) is 18.9. The first-order valence-corrected chi connectivity index (χ1v) is 14.7. The molecule has 196 valence electrons. The predicted molar refractivity (Wildman–Crippen MR) is 150 cm³/mol. The van der Waals surface area contributed by atoms with E-state index in [0.29, 0.717) is 56.7 Å². The number of Topliss-reactive ketones (excluding diaryl/α,β-unsaturated/α-hetero) is 1. The van der Waals surface area contributed by atoms with Crippen LogP contribution in [0.3, 0.4) is 0 Å². The number of rotatable bonds is 6. The van der Waals surface area contributed by atoms with E-state index in [2.05, 4.69) is 26.6 Å². The van der Waals surface area contributed by atoms with E-state index in [1.807, 2.05) is 37.3 Å². The van der Waals surface area contributed by atoms with Crippen LogP contribution in [-0.2, 0) is 9.59 Å². The summed E-state index contributed by atoms with van der Waals surface area (Å²) in [6, 6.07) is 13.5. The maximum atomic E-state index is 13.2. The first-order valence-electron chi connectivity index (χ1n) is 12.1. The van der Waals surface area contributed by atoms with Crippen LogP contribution < -0.4 is 16.0 Å². The normalized spacial score (nSPS) is 17.5. The van der Waals surface area contributed by atoms with E-state index in [-0.39, 0.29) is 28.8 Å². The van der Waals surface area contributed by atoms with Gasteiger partial charge in [-0.2, -0.15) is 5.26 Å². The third kappa shape index (κ3) is 4.71. The van der Waals surface area contributed by atoms with Crippen molar-refractivity contribution in [3.63, 3.8) is 0 Å². The monoisotopic (exact) mass is 575 g/mol. The highest BCUT2D eigenvalue weighted by Crippen LogP contribution is 2.47. The number of hydrogen-bond donors (Lipinski definition) is 2. The fourth-order valence-electron chi connectivity index (χ4n) is 4.76. The smallest absolute Gasteiger partial charge is 0.236 e. The second kappa shape index (κ2) is 10.3. The van der Waals surface area contributed by atoms with Crippen molar-refractivity contribution in [1.29, 1.82) is 5.26 Å². The van der Waals surface area contributed by atoms with Crippen molar-refractivity contribution in [3.05, 3.63) is 70.6 Å². The van der Waals surface area contributed by atoms with Crippen LogP contribution in [-0.4, -0.2) is 32.6 Å². The number of thioether (sulfide) groups is 1. The molecule has 1 amide bonds. The zero-order valence-electron chi connectivity index (χ0n) is 20.6. The van der Waals surface area contributed by atoms with Crippen LogP contribution in [0.2, 0.25) is 0 Å². The summed E-state index contributed by atoms with van der Waals surface area (Å²) in [5, 5.41) is 22.4. The minimum atomic E-state index is -0.657. The van der Waals surface area contributed by atoms with Gasteiger partial charge in [0, 0.05) is 17.7 Å². The molecule has 3 N–H and O–H groups in total. The maximum Gasteiger partial charge on any atom is 0.236 e. The number of aryl methyl sites for hydroxylation is 1. The molecule has 1 aliphatic carbocycles. The fourth-order valence-corrected chi connectivity index (χ4v) is 7.32. The Balaban J connectivity index is 1.24. The van der Waals surface area contributed by atoms with Gasteiger partial charge in [-0.05, 0) is 44.0 Å². The summed E-state index contributed by atoms with van der Waals surface area (Å²) in [7, 11) is 0. The lowest BCUT2D eigenvalue weighted by molar-refractivity contribution is -0.116. The van der Waals surface area contributed by atoms with Crippen LogP contribution in [0.15, 0.2) is 67.8 Å². The van der Waals surface area contributed by atoms with Crippen LogP contribution >= 0.6 is 34.4 Å². The number of nitrogens with one attached hydrogen (secondary N) is 1. The van der Waals surface area contributed by atoms with Gasteiger partial charge in [0.2, 0.25) is 11.0 Å². The van der Waals surface area contributed by atoms with Gasteiger partial charge >= 0.3 is 0 Å². The number of anilines is 2. The summed E-state index contributed by atoms with van der Waals surface area (Å²) >= 11 is 3.90. The number of carbonyl (C=O) groups excluding carboxylic acids is 2. The van der Waals surface area contributed by atoms with Gasteiger partial charge < -0.3 is 15.5 Å². The van der Waals surface area contributed by atoms with Gasteiger partial charge in [-0.15, -0.1) is 10.2 Å². The summed E-state index contributed by atoms with van der Waals surface area (Å²) < 4.78 is 7.40. The molecular formula is C26H21N7O3S3. The molecule has 10 nitrogen and oxygen atoms in total. The Kier molecular flexibility index (Phi) is 6.68. The molecule has 13 heteroatoms. The molecule has 6 rings (SSSR count). The summed E-state index contributed by atoms with van der Waals surface area (Å²) in [5.41, 5.74) is 8.86. The van der Waals surface area contributed by atoms with E-state index in [1.165, 1.54) is 34.4 Å². The molecule has 1 aliphatic heterocycles. The molecule has 1 aromatic carbocycles. The van der Waals surface area contributed by atoms with E-state index >= 15 is 0 Å². The van der Waals surface area contributed by atoms with Crippen molar-refractivity contribution >= 4 is 66.6 Å². The zero-order valence-corrected chi connectivity index (χ0v) is 23.1. The number of ketones is 1. The van der Waals surface area contributed by atoms with Crippen LogP contribution in [0.5, 0.6) is 0 Å². The highest BCUT2D eigenvalue weighted by molar-refractivity contribution is 8.01. The maximum absolute atomic E-state index is 13.2. The Hall–Kier alpha value is -3.99. The molecule has 2 aliphatic rings. The average Bonchev–Trinajstić information content (AvgIpc) is 3.66. The third-order valence-corrected chi connectivity index (χ3v) is 9.41. The number of hydrogen-bond acceptors (Lipinski definition) is 12. The molecule has 3 aromatic heterocycles. The van der Waals surface area contributed by atoms with Gasteiger partial charge in [0.05, 0.1) is 33.5 Å².